The Kier molecular flexibility index (Phi) is 6.84. The van der Waals surface area contributed by atoms with Crippen molar-refractivity contribution in [3.05, 3.63) is 0 Å². The molecule has 0 aromatic carbocycles. The zero-order valence-corrected chi connectivity index (χ0v) is 6.12. The third kappa shape index (κ3) is 5.97. The Morgan fingerprint density at radius 3 is 1.80 bits per heavy atom. The normalized spacial score (nSPS) is 10.8. The van der Waals surface area contributed by atoms with Crippen LogP contribution in [0, 0.1) is 5.92 Å². The van der Waals surface area contributed by atoms with E-state index in [9.17, 15) is 0 Å². The average Bonchev–Trinajstić information content (AvgIpc) is 1.97. The third-order valence-electron chi connectivity index (χ3n) is 0.987. The van der Waals surface area contributed by atoms with Crippen LogP contribution in [0.4, 0.5) is 0 Å². The van der Waals surface area contributed by atoms with Gasteiger partial charge in [0.2, 0.25) is 0 Å². The molecule has 4 nitrogen and oxygen atoms in total. The summed E-state index contributed by atoms with van der Waals surface area (Å²) in [5, 5.41) is 16.5. The number of aliphatic hydroxyl groups is 2. The van der Waals surface area contributed by atoms with Gasteiger partial charge < -0.3 is 19.7 Å². The van der Waals surface area contributed by atoms with Crippen molar-refractivity contribution in [2.75, 3.05) is 26.8 Å². The first-order chi connectivity index (χ1) is 4.81. The summed E-state index contributed by atoms with van der Waals surface area (Å²) in [6, 6.07) is 0. The molecule has 0 saturated carbocycles. The zero-order chi connectivity index (χ0) is 7.82. The maximum absolute atomic E-state index is 8.23. The van der Waals surface area contributed by atoms with Crippen LogP contribution in [0.15, 0.2) is 0 Å². The van der Waals surface area contributed by atoms with E-state index >= 15 is 0 Å². The van der Waals surface area contributed by atoms with Gasteiger partial charge in [0, 0.05) is 5.92 Å². The Balaban J connectivity index is 3.00. The highest BCUT2D eigenvalue weighted by molar-refractivity contribution is 4.46. The van der Waals surface area contributed by atoms with Gasteiger partial charge in [-0.05, 0) is 0 Å². The minimum Gasteiger partial charge on any atom is -0.371 e. The van der Waals surface area contributed by atoms with Crippen LogP contribution >= 0.6 is 0 Å². The largest absolute Gasteiger partial charge is 0.371 e. The minimum absolute atomic E-state index is 0.208. The molecule has 0 fully saturated rings. The number of rotatable bonds is 6. The predicted molar refractivity (Wildman–Crippen MR) is 35.2 cm³/mol. The standard InChI is InChI=1S/C6H14O4/c1-6(2-9-4-7)3-10-5-8/h6-8H,2-5H2,1H3. The first-order valence-electron chi connectivity index (χ1n) is 3.18. The monoisotopic (exact) mass is 150 g/mol. The van der Waals surface area contributed by atoms with Crippen LogP contribution in [0.3, 0.4) is 0 Å². The van der Waals surface area contributed by atoms with Gasteiger partial charge >= 0.3 is 0 Å². The Morgan fingerprint density at radius 2 is 1.50 bits per heavy atom. The smallest absolute Gasteiger partial charge is 0.143 e. The molecular formula is C6H14O4. The molecule has 0 aliphatic heterocycles. The molecular weight excluding hydrogens is 136 g/mol. The summed E-state index contributed by atoms with van der Waals surface area (Å²) in [6.07, 6.45) is 0. The van der Waals surface area contributed by atoms with Crippen LogP contribution in [0.25, 0.3) is 0 Å². The molecule has 0 spiro atoms. The number of hydrogen-bond donors (Lipinski definition) is 2. The predicted octanol–water partition coefficient (Wildman–Crippen LogP) is -0.445. The van der Waals surface area contributed by atoms with Gasteiger partial charge in [-0.3, -0.25) is 0 Å². The van der Waals surface area contributed by atoms with E-state index in [0.29, 0.717) is 13.2 Å². The number of ether oxygens (including phenoxy) is 2. The number of aliphatic hydroxyl groups excluding tert-OH is 2. The number of hydrogen-bond acceptors (Lipinski definition) is 4. The first-order valence-corrected chi connectivity index (χ1v) is 3.18. The molecule has 0 aromatic rings. The van der Waals surface area contributed by atoms with Gasteiger partial charge in [-0.2, -0.15) is 0 Å². The molecule has 2 N–H and O–H groups in total. The second-order valence-electron chi connectivity index (χ2n) is 2.10. The van der Waals surface area contributed by atoms with E-state index in [1.54, 1.807) is 0 Å². The van der Waals surface area contributed by atoms with Crippen molar-refractivity contribution in [1.82, 2.24) is 0 Å². The molecule has 0 saturated heterocycles. The van der Waals surface area contributed by atoms with E-state index in [0.717, 1.165) is 0 Å². The Morgan fingerprint density at radius 1 is 1.10 bits per heavy atom. The van der Waals surface area contributed by atoms with Gasteiger partial charge in [-0.1, -0.05) is 6.92 Å². The molecule has 0 bridgehead atoms. The van der Waals surface area contributed by atoms with Gasteiger partial charge in [0.25, 0.3) is 0 Å². The Labute approximate surface area is 60.4 Å². The van der Waals surface area contributed by atoms with E-state index in [4.69, 9.17) is 10.2 Å². The SMILES string of the molecule is CC(COCO)COCO. The quantitative estimate of drug-likeness (QED) is 0.504. The lowest BCUT2D eigenvalue weighted by atomic mass is 10.2. The molecule has 0 atom stereocenters. The van der Waals surface area contributed by atoms with E-state index in [1.165, 1.54) is 0 Å². The van der Waals surface area contributed by atoms with Crippen LogP contribution in [0.1, 0.15) is 6.92 Å². The second kappa shape index (κ2) is 6.95. The van der Waals surface area contributed by atoms with Gasteiger partial charge in [0.15, 0.2) is 0 Å². The summed E-state index contributed by atoms with van der Waals surface area (Å²) in [5.74, 6) is 0.208. The second-order valence-corrected chi connectivity index (χ2v) is 2.10. The average molecular weight is 150 g/mol. The molecule has 10 heavy (non-hydrogen) atoms. The van der Waals surface area contributed by atoms with E-state index in [2.05, 4.69) is 9.47 Å². The molecule has 0 aromatic heterocycles. The maximum atomic E-state index is 8.23. The molecule has 0 rings (SSSR count). The lowest BCUT2D eigenvalue weighted by Gasteiger charge is -2.09. The summed E-state index contributed by atoms with van der Waals surface area (Å²) >= 11 is 0. The molecule has 0 radical (unpaired) electrons. The van der Waals surface area contributed by atoms with Crippen LogP contribution in [0.5, 0.6) is 0 Å². The first kappa shape index (κ1) is 9.84. The molecule has 0 unspecified atom stereocenters. The van der Waals surface area contributed by atoms with Crippen molar-refractivity contribution in [3.8, 4) is 0 Å². The van der Waals surface area contributed by atoms with Crippen LogP contribution < -0.4 is 0 Å². The fourth-order valence-electron chi connectivity index (χ4n) is 0.556. The highest BCUT2D eigenvalue weighted by Gasteiger charge is 2.00. The maximum Gasteiger partial charge on any atom is 0.143 e. The van der Waals surface area contributed by atoms with E-state index in [-0.39, 0.29) is 19.5 Å². The van der Waals surface area contributed by atoms with Crippen LogP contribution in [-0.4, -0.2) is 37.0 Å². The van der Waals surface area contributed by atoms with Gasteiger partial charge in [-0.25, -0.2) is 0 Å². The van der Waals surface area contributed by atoms with Gasteiger partial charge in [-0.15, -0.1) is 0 Å². The van der Waals surface area contributed by atoms with Gasteiger partial charge in [0.05, 0.1) is 13.2 Å². The highest BCUT2D eigenvalue weighted by Crippen LogP contribution is 1.95. The van der Waals surface area contributed by atoms with Crippen molar-refractivity contribution in [3.63, 3.8) is 0 Å². The van der Waals surface area contributed by atoms with Crippen LogP contribution in [0.2, 0.25) is 0 Å². The van der Waals surface area contributed by atoms with Crippen molar-refractivity contribution < 1.29 is 19.7 Å². The summed E-state index contributed by atoms with van der Waals surface area (Å²) < 4.78 is 9.37. The molecule has 62 valence electrons. The van der Waals surface area contributed by atoms with Gasteiger partial charge in [0.1, 0.15) is 13.6 Å². The Hall–Kier alpha value is -0.160. The molecule has 0 aliphatic carbocycles. The van der Waals surface area contributed by atoms with Crippen molar-refractivity contribution in [2.45, 2.75) is 6.92 Å². The lowest BCUT2D eigenvalue weighted by molar-refractivity contribution is -0.0531. The molecule has 0 aliphatic rings. The van der Waals surface area contributed by atoms with Crippen molar-refractivity contribution in [1.29, 1.82) is 0 Å². The van der Waals surface area contributed by atoms with E-state index in [1.807, 2.05) is 6.92 Å². The summed E-state index contributed by atoms with van der Waals surface area (Å²) in [6.45, 7) is 2.30. The molecule has 0 amide bonds. The topological polar surface area (TPSA) is 58.9 Å². The lowest BCUT2D eigenvalue weighted by Crippen LogP contribution is -2.13. The minimum atomic E-state index is -0.260. The fraction of sp³-hybridized carbons (Fsp3) is 1.00. The molecule has 0 heterocycles. The third-order valence-corrected chi connectivity index (χ3v) is 0.987. The summed E-state index contributed by atoms with van der Waals surface area (Å²) in [7, 11) is 0. The molecule has 4 heteroatoms. The fourth-order valence-corrected chi connectivity index (χ4v) is 0.556. The summed E-state index contributed by atoms with van der Waals surface area (Å²) in [4.78, 5) is 0. The summed E-state index contributed by atoms with van der Waals surface area (Å²) in [5.41, 5.74) is 0. The zero-order valence-electron chi connectivity index (χ0n) is 6.12. The van der Waals surface area contributed by atoms with Crippen molar-refractivity contribution >= 4 is 0 Å². The Bertz CT molecular complexity index is 58.8. The van der Waals surface area contributed by atoms with Crippen molar-refractivity contribution in [2.24, 2.45) is 5.92 Å². The highest BCUT2D eigenvalue weighted by atomic mass is 16.6. The van der Waals surface area contributed by atoms with Crippen LogP contribution in [-0.2, 0) is 9.47 Å². The van der Waals surface area contributed by atoms with E-state index < -0.39 is 0 Å².